The van der Waals surface area contributed by atoms with Gasteiger partial charge in [-0.1, -0.05) is 6.42 Å². The summed E-state index contributed by atoms with van der Waals surface area (Å²) in [7, 11) is 0. The van der Waals surface area contributed by atoms with Gasteiger partial charge in [0.25, 0.3) is 0 Å². The fourth-order valence-corrected chi connectivity index (χ4v) is 3.50. The molecule has 1 saturated heterocycles. The molecule has 0 amide bonds. The second-order valence-electron chi connectivity index (χ2n) is 5.89. The van der Waals surface area contributed by atoms with Gasteiger partial charge in [0.2, 0.25) is 0 Å². The first-order chi connectivity index (χ1) is 9.72. The fraction of sp³-hybridized carbons (Fsp3) is 0.562. The van der Waals surface area contributed by atoms with Crippen molar-refractivity contribution < 1.29 is 14.6 Å². The molecule has 2 fully saturated rings. The number of benzene rings is 1. The first kappa shape index (κ1) is 13.4. The Balaban J connectivity index is 1.42. The third kappa shape index (κ3) is 2.96. The minimum Gasteiger partial charge on any atom is -0.492 e. The van der Waals surface area contributed by atoms with Crippen LogP contribution in [0.25, 0.3) is 0 Å². The topological polar surface area (TPSA) is 49.8 Å². The van der Waals surface area contributed by atoms with E-state index >= 15 is 0 Å². The molecule has 1 N–H and O–H groups in total. The average Bonchev–Trinajstić information content (AvgIpc) is 3.00. The molecule has 4 heteroatoms. The van der Waals surface area contributed by atoms with E-state index in [0.717, 1.165) is 24.1 Å². The molecule has 20 heavy (non-hydrogen) atoms. The highest BCUT2D eigenvalue weighted by atomic mass is 16.5. The molecule has 1 aliphatic carbocycles. The summed E-state index contributed by atoms with van der Waals surface area (Å²) >= 11 is 0. The van der Waals surface area contributed by atoms with E-state index in [9.17, 15) is 4.79 Å². The molecule has 1 aliphatic heterocycles. The minimum absolute atomic E-state index is 0.296. The second kappa shape index (κ2) is 5.83. The Bertz CT molecular complexity index is 459. The third-order valence-electron chi connectivity index (χ3n) is 4.58. The van der Waals surface area contributed by atoms with Gasteiger partial charge in [-0.15, -0.1) is 0 Å². The number of aromatic carboxylic acids is 1. The molecule has 4 nitrogen and oxygen atoms in total. The summed E-state index contributed by atoms with van der Waals surface area (Å²) in [5.74, 6) is 1.68. The van der Waals surface area contributed by atoms with Crippen LogP contribution < -0.4 is 4.74 Å². The maximum absolute atomic E-state index is 10.7. The summed E-state index contributed by atoms with van der Waals surface area (Å²) in [5, 5.41) is 8.83. The van der Waals surface area contributed by atoms with Crippen molar-refractivity contribution in [2.75, 3.05) is 26.2 Å². The summed E-state index contributed by atoms with van der Waals surface area (Å²) < 4.78 is 5.69. The molecular weight excluding hydrogens is 254 g/mol. The molecular formula is C16H21NO3. The van der Waals surface area contributed by atoms with Crippen molar-refractivity contribution >= 4 is 5.97 Å². The number of carbonyl (C=O) groups is 1. The first-order valence-corrected chi connectivity index (χ1v) is 7.41. The molecule has 0 spiro atoms. The summed E-state index contributed by atoms with van der Waals surface area (Å²) in [6, 6.07) is 6.61. The van der Waals surface area contributed by atoms with Gasteiger partial charge in [0.1, 0.15) is 12.4 Å². The number of hydrogen-bond acceptors (Lipinski definition) is 3. The Hall–Kier alpha value is -1.55. The first-order valence-electron chi connectivity index (χ1n) is 7.41. The van der Waals surface area contributed by atoms with E-state index in [4.69, 9.17) is 9.84 Å². The zero-order valence-electron chi connectivity index (χ0n) is 11.6. The molecule has 3 rings (SSSR count). The number of rotatable bonds is 5. The van der Waals surface area contributed by atoms with E-state index in [1.807, 2.05) is 0 Å². The summed E-state index contributed by atoms with van der Waals surface area (Å²) in [5.41, 5.74) is 0.296. The molecule has 0 radical (unpaired) electrons. The van der Waals surface area contributed by atoms with Crippen LogP contribution in [0.4, 0.5) is 0 Å². The summed E-state index contributed by atoms with van der Waals surface area (Å²) in [6.45, 7) is 4.09. The smallest absolute Gasteiger partial charge is 0.335 e. The summed E-state index contributed by atoms with van der Waals surface area (Å²) in [6.07, 6.45) is 4.22. The Labute approximate surface area is 119 Å². The largest absolute Gasteiger partial charge is 0.492 e. The quantitative estimate of drug-likeness (QED) is 0.897. The van der Waals surface area contributed by atoms with Crippen molar-refractivity contribution in [3.05, 3.63) is 29.8 Å². The molecule has 1 saturated carbocycles. The Morgan fingerprint density at radius 3 is 2.45 bits per heavy atom. The lowest BCUT2D eigenvalue weighted by molar-refractivity contribution is 0.0697. The minimum atomic E-state index is -0.903. The van der Waals surface area contributed by atoms with Gasteiger partial charge in [-0.05, 0) is 48.9 Å². The standard InChI is InChI=1S/C16H21NO3/c18-16(19)12-4-6-15(7-5-12)20-9-8-17-10-13-2-1-3-14(13)11-17/h4-7,13-14H,1-3,8-11H2,(H,18,19). The molecule has 1 aromatic carbocycles. The van der Waals surface area contributed by atoms with Crippen LogP contribution >= 0.6 is 0 Å². The van der Waals surface area contributed by atoms with Gasteiger partial charge in [-0.3, -0.25) is 4.90 Å². The molecule has 108 valence electrons. The van der Waals surface area contributed by atoms with Gasteiger partial charge in [-0.2, -0.15) is 0 Å². The number of nitrogens with zero attached hydrogens (tertiary/aromatic N) is 1. The van der Waals surface area contributed by atoms with Gasteiger partial charge in [0.15, 0.2) is 0 Å². The van der Waals surface area contributed by atoms with E-state index in [-0.39, 0.29) is 0 Å². The van der Waals surface area contributed by atoms with E-state index < -0.39 is 5.97 Å². The van der Waals surface area contributed by atoms with E-state index in [1.165, 1.54) is 32.4 Å². The van der Waals surface area contributed by atoms with Crippen LogP contribution in [0.5, 0.6) is 5.75 Å². The molecule has 0 bridgehead atoms. The molecule has 2 unspecified atom stereocenters. The monoisotopic (exact) mass is 275 g/mol. The zero-order chi connectivity index (χ0) is 13.9. The van der Waals surface area contributed by atoms with Crippen LogP contribution in [0.1, 0.15) is 29.6 Å². The Morgan fingerprint density at radius 2 is 1.85 bits per heavy atom. The predicted octanol–water partition coefficient (Wildman–Crippen LogP) is 2.50. The molecule has 0 aromatic heterocycles. The number of ether oxygens (including phenoxy) is 1. The lowest BCUT2D eigenvalue weighted by Crippen LogP contribution is -2.27. The molecule has 2 atom stereocenters. The predicted molar refractivity (Wildman–Crippen MR) is 76.2 cm³/mol. The van der Waals surface area contributed by atoms with Gasteiger partial charge >= 0.3 is 5.97 Å². The molecule has 1 aromatic rings. The number of fused-ring (bicyclic) bond motifs is 1. The van der Waals surface area contributed by atoms with E-state index in [1.54, 1.807) is 24.3 Å². The van der Waals surface area contributed by atoms with Crippen molar-refractivity contribution in [3.8, 4) is 5.75 Å². The van der Waals surface area contributed by atoms with Crippen LogP contribution in [-0.4, -0.2) is 42.2 Å². The fourth-order valence-electron chi connectivity index (χ4n) is 3.50. The van der Waals surface area contributed by atoms with Crippen molar-refractivity contribution in [1.82, 2.24) is 4.90 Å². The van der Waals surface area contributed by atoms with Crippen molar-refractivity contribution in [2.45, 2.75) is 19.3 Å². The normalized spacial score (nSPS) is 25.6. The van der Waals surface area contributed by atoms with Crippen LogP contribution in [0.3, 0.4) is 0 Å². The zero-order valence-corrected chi connectivity index (χ0v) is 11.6. The van der Waals surface area contributed by atoms with Crippen molar-refractivity contribution in [3.63, 3.8) is 0 Å². The molecule has 1 heterocycles. The van der Waals surface area contributed by atoms with Crippen LogP contribution in [0, 0.1) is 11.8 Å². The number of carboxylic acid groups (broad SMARTS) is 1. The van der Waals surface area contributed by atoms with Crippen LogP contribution in [-0.2, 0) is 0 Å². The lowest BCUT2D eigenvalue weighted by Gasteiger charge is -2.17. The van der Waals surface area contributed by atoms with Gasteiger partial charge < -0.3 is 9.84 Å². The highest BCUT2D eigenvalue weighted by Crippen LogP contribution is 2.37. The SMILES string of the molecule is O=C(O)c1ccc(OCCN2CC3CCCC3C2)cc1. The van der Waals surface area contributed by atoms with Crippen LogP contribution in [0.15, 0.2) is 24.3 Å². The highest BCUT2D eigenvalue weighted by molar-refractivity contribution is 5.87. The van der Waals surface area contributed by atoms with Crippen molar-refractivity contribution in [2.24, 2.45) is 11.8 Å². The highest BCUT2D eigenvalue weighted by Gasteiger charge is 2.35. The summed E-state index contributed by atoms with van der Waals surface area (Å²) in [4.78, 5) is 13.2. The van der Waals surface area contributed by atoms with Gasteiger partial charge in [-0.25, -0.2) is 4.79 Å². The van der Waals surface area contributed by atoms with Crippen LogP contribution in [0.2, 0.25) is 0 Å². The lowest BCUT2D eigenvalue weighted by atomic mass is 10.0. The average molecular weight is 275 g/mol. The Morgan fingerprint density at radius 1 is 1.20 bits per heavy atom. The number of carboxylic acids is 1. The number of hydrogen-bond donors (Lipinski definition) is 1. The second-order valence-corrected chi connectivity index (χ2v) is 5.89. The number of likely N-dealkylation sites (tertiary alicyclic amines) is 1. The Kier molecular flexibility index (Phi) is 3.92. The van der Waals surface area contributed by atoms with E-state index in [2.05, 4.69) is 4.90 Å². The van der Waals surface area contributed by atoms with Gasteiger partial charge in [0.05, 0.1) is 5.56 Å². The van der Waals surface area contributed by atoms with Crippen molar-refractivity contribution in [1.29, 1.82) is 0 Å². The maximum Gasteiger partial charge on any atom is 0.335 e. The van der Waals surface area contributed by atoms with E-state index in [0.29, 0.717) is 12.2 Å². The third-order valence-corrected chi connectivity index (χ3v) is 4.58. The van der Waals surface area contributed by atoms with Gasteiger partial charge in [0, 0.05) is 19.6 Å². The maximum atomic E-state index is 10.7. The molecule has 2 aliphatic rings.